The largest absolute Gasteiger partial charge is 0.336 e. The van der Waals surface area contributed by atoms with Crippen molar-refractivity contribution in [2.75, 3.05) is 32.7 Å². The summed E-state index contributed by atoms with van der Waals surface area (Å²) < 4.78 is 14.0. The molecule has 1 aliphatic heterocycles. The van der Waals surface area contributed by atoms with Crippen LogP contribution in [-0.4, -0.2) is 48.4 Å². The number of carbonyl (C=O) groups is 1. The lowest BCUT2D eigenvalue weighted by molar-refractivity contribution is 0.0649. The van der Waals surface area contributed by atoms with Gasteiger partial charge in [-0.1, -0.05) is 42.5 Å². The van der Waals surface area contributed by atoms with Crippen LogP contribution in [0.25, 0.3) is 6.08 Å². The minimum absolute atomic E-state index is 0.120. The Hall–Kier alpha value is -1.98. The van der Waals surface area contributed by atoms with Crippen LogP contribution < -0.4 is 0 Å². The van der Waals surface area contributed by atoms with Crippen LogP contribution >= 0.6 is 15.9 Å². The predicted octanol–water partition coefficient (Wildman–Crippen LogP) is 4.06. The third-order valence-electron chi connectivity index (χ3n) is 4.29. The van der Waals surface area contributed by atoms with Crippen LogP contribution in [0.1, 0.15) is 15.9 Å². The lowest BCUT2D eigenvalue weighted by Crippen LogP contribution is -2.48. The fourth-order valence-electron chi connectivity index (χ4n) is 2.87. The van der Waals surface area contributed by atoms with Crippen molar-refractivity contribution in [1.29, 1.82) is 0 Å². The lowest BCUT2D eigenvalue weighted by Gasteiger charge is -2.34. The molecule has 2 aromatic carbocycles. The van der Waals surface area contributed by atoms with Crippen LogP contribution in [0.2, 0.25) is 0 Å². The molecule has 0 radical (unpaired) electrons. The molecule has 0 spiro atoms. The average Bonchev–Trinajstić information content (AvgIpc) is 2.65. The molecule has 25 heavy (non-hydrogen) atoms. The normalized spacial score (nSPS) is 15.7. The van der Waals surface area contributed by atoms with Gasteiger partial charge in [0.1, 0.15) is 5.82 Å². The van der Waals surface area contributed by atoms with E-state index in [1.54, 1.807) is 11.0 Å². The zero-order valence-corrected chi connectivity index (χ0v) is 15.5. The number of amides is 1. The Kier molecular flexibility index (Phi) is 6.00. The number of carbonyl (C=O) groups excluding carboxylic acids is 1. The van der Waals surface area contributed by atoms with Crippen LogP contribution in [0.5, 0.6) is 0 Å². The summed E-state index contributed by atoms with van der Waals surface area (Å²) in [5, 5.41) is 0. The van der Waals surface area contributed by atoms with Gasteiger partial charge in [-0.3, -0.25) is 9.69 Å². The molecule has 0 unspecified atom stereocenters. The van der Waals surface area contributed by atoms with Crippen molar-refractivity contribution in [3.05, 3.63) is 76.0 Å². The van der Waals surface area contributed by atoms with Gasteiger partial charge in [0.2, 0.25) is 0 Å². The van der Waals surface area contributed by atoms with Gasteiger partial charge in [-0.2, -0.15) is 0 Å². The minimum Gasteiger partial charge on any atom is -0.336 e. The first-order valence-corrected chi connectivity index (χ1v) is 9.11. The summed E-state index contributed by atoms with van der Waals surface area (Å²) in [6.07, 6.45) is 4.26. The SMILES string of the molecule is O=C(c1cc(F)ccc1Br)N1CCN(C/C=C/c2ccccc2)CC1. The molecule has 0 bridgehead atoms. The highest BCUT2D eigenvalue weighted by Gasteiger charge is 2.23. The predicted molar refractivity (Wildman–Crippen MR) is 102 cm³/mol. The number of hydrogen-bond acceptors (Lipinski definition) is 2. The van der Waals surface area contributed by atoms with E-state index in [0.29, 0.717) is 23.1 Å². The summed E-state index contributed by atoms with van der Waals surface area (Å²) in [7, 11) is 0. The maximum absolute atomic E-state index is 13.4. The van der Waals surface area contributed by atoms with Gasteiger partial charge < -0.3 is 4.90 Å². The highest BCUT2D eigenvalue weighted by molar-refractivity contribution is 9.10. The van der Waals surface area contributed by atoms with E-state index in [4.69, 9.17) is 0 Å². The van der Waals surface area contributed by atoms with Crippen molar-refractivity contribution >= 4 is 27.9 Å². The van der Waals surface area contributed by atoms with E-state index in [1.165, 1.54) is 17.7 Å². The van der Waals surface area contributed by atoms with Crippen molar-refractivity contribution in [2.45, 2.75) is 0 Å². The van der Waals surface area contributed by atoms with E-state index in [2.05, 4.69) is 45.1 Å². The molecule has 3 nitrogen and oxygen atoms in total. The molecule has 130 valence electrons. The summed E-state index contributed by atoms with van der Waals surface area (Å²) in [6.45, 7) is 3.80. The molecule has 0 aliphatic carbocycles. The van der Waals surface area contributed by atoms with Crippen LogP contribution in [0.4, 0.5) is 4.39 Å². The molecule has 0 saturated carbocycles. The third kappa shape index (κ3) is 4.77. The van der Waals surface area contributed by atoms with Crippen molar-refractivity contribution in [1.82, 2.24) is 9.80 Å². The quantitative estimate of drug-likeness (QED) is 0.769. The maximum atomic E-state index is 13.4. The molecule has 0 aromatic heterocycles. The maximum Gasteiger partial charge on any atom is 0.255 e. The average molecular weight is 403 g/mol. The third-order valence-corrected chi connectivity index (χ3v) is 4.98. The summed E-state index contributed by atoms with van der Waals surface area (Å²) >= 11 is 3.33. The van der Waals surface area contributed by atoms with Gasteiger partial charge in [0.05, 0.1) is 5.56 Å². The molecule has 1 saturated heterocycles. The molecule has 1 heterocycles. The Morgan fingerprint density at radius 3 is 2.52 bits per heavy atom. The van der Waals surface area contributed by atoms with E-state index in [9.17, 15) is 9.18 Å². The molecule has 5 heteroatoms. The van der Waals surface area contributed by atoms with Crippen molar-refractivity contribution in [2.24, 2.45) is 0 Å². The van der Waals surface area contributed by atoms with Gasteiger partial charge in [0.25, 0.3) is 5.91 Å². The van der Waals surface area contributed by atoms with Crippen molar-refractivity contribution in [3.8, 4) is 0 Å². The first kappa shape index (κ1) is 17.8. The van der Waals surface area contributed by atoms with E-state index in [1.807, 2.05) is 18.2 Å². The zero-order valence-electron chi connectivity index (χ0n) is 13.9. The lowest BCUT2D eigenvalue weighted by atomic mass is 10.1. The smallest absolute Gasteiger partial charge is 0.255 e. The number of rotatable bonds is 4. The van der Waals surface area contributed by atoms with E-state index >= 15 is 0 Å². The van der Waals surface area contributed by atoms with E-state index in [0.717, 1.165) is 19.6 Å². The van der Waals surface area contributed by atoms with Gasteiger partial charge >= 0.3 is 0 Å². The van der Waals surface area contributed by atoms with Gasteiger partial charge in [-0.15, -0.1) is 0 Å². The van der Waals surface area contributed by atoms with E-state index < -0.39 is 5.82 Å². The Labute approximate surface area is 155 Å². The summed E-state index contributed by atoms with van der Waals surface area (Å²) in [5.74, 6) is -0.512. The second kappa shape index (κ2) is 8.41. The fourth-order valence-corrected chi connectivity index (χ4v) is 3.28. The molecule has 3 rings (SSSR count). The molecule has 0 atom stereocenters. The molecular weight excluding hydrogens is 383 g/mol. The van der Waals surface area contributed by atoms with Crippen LogP contribution in [0.15, 0.2) is 59.1 Å². The first-order chi connectivity index (χ1) is 12.1. The zero-order chi connectivity index (χ0) is 17.6. The Bertz CT molecular complexity index is 756. The van der Waals surface area contributed by atoms with Gasteiger partial charge in [0.15, 0.2) is 0 Å². The number of nitrogens with zero attached hydrogens (tertiary/aromatic N) is 2. The number of halogens is 2. The van der Waals surface area contributed by atoms with Crippen molar-refractivity contribution < 1.29 is 9.18 Å². The number of hydrogen-bond donors (Lipinski definition) is 0. The van der Waals surface area contributed by atoms with Gasteiger partial charge in [-0.25, -0.2) is 4.39 Å². The molecule has 1 fully saturated rings. The highest BCUT2D eigenvalue weighted by atomic mass is 79.9. The number of piperazine rings is 1. The Morgan fingerprint density at radius 2 is 1.80 bits per heavy atom. The topological polar surface area (TPSA) is 23.6 Å². The Morgan fingerprint density at radius 1 is 1.08 bits per heavy atom. The van der Waals surface area contributed by atoms with Crippen molar-refractivity contribution in [3.63, 3.8) is 0 Å². The number of benzene rings is 2. The van der Waals surface area contributed by atoms with Gasteiger partial charge in [-0.05, 0) is 39.7 Å². The second-order valence-corrected chi connectivity index (χ2v) is 6.88. The fraction of sp³-hybridized carbons (Fsp3) is 0.250. The molecule has 2 aromatic rings. The highest BCUT2D eigenvalue weighted by Crippen LogP contribution is 2.20. The van der Waals surface area contributed by atoms with E-state index in [-0.39, 0.29) is 5.91 Å². The van der Waals surface area contributed by atoms with Crippen LogP contribution in [0.3, 0.4) is 0 Å². The summed E-state index contributed by atoms with van der Waals surface area (Å²) in [6, 6.07) is 14.4. The van der Waals surface area contributed by atoms with Gasteiger partial charge in [0, 0.05) is 37.2 Å². The summed E-state index contributed by atoms with van der Waals surface area (Å²) in [4.78, 5) is 16.7. The second-order valence-electron chi connectivity index (χ2n) is 6.03. The first-order valence-electron chi connectivity index (χ1n) is 8.32. The Balaban J connectivity index is 1.52. The molecule has 0 N–H and O–H groups in total. The molecule has 1 aliphatic rings. The minimum atomic E-state index is -0.392. The van der Waals surface area contributed by atoms with Crippen LogP contribution in [-0.2, 0) is 0 Å². The molecule has 1 amide bonds. The summed E-state index contributed by atoms with van der Waals surface area (Å²) in [5.41, 5.74) is 1.57. The van der Waals surface area contributed by atoms with Crippen LogP contribution in [0, 0.1) is 5.82 Å². The molecular formula is C20H20BrFN2O. The standard InChI is InChI=1S/C20H20BrFN2O/c21-19-9-8-17(22)15-18(19)20(25)24-13-11-23(12-14-24)10-4-7-16-5-2-1-3-6-16/h1-9,15H,10-14H2/b7-4+. The monoisotopic (exact) mass is 402 g/mol.